The molecular formula is C21H22N4O. The highest BCUT2D eigenvalue weighted by Gasteiger charge is 2.17. The molecule has 1 aromatic heterocycles. The zero-order valence-corrected chi connectivity index (χ0v) is 14.6. The molecule has 132 valence electrons. The number of nitrogens with two attached hydrogens (primary N) is 1. The number of aromatic nitrogens is 1. The summed E-state index contributed by atoms with van der Waals surface area (Å²) in [6.07, 6.45) is 2.16. The minimum Gasteiger partial charge on any atom is -0.352 e. The van der Waals surface area contributed by atoms with Crippen molar-refractivity contribution in [1.29, 1.82) is 0 Å². The summed E-state index contributed by atoms with van der Waals surface area (Å²) in [5.41, 5.74) is 9.86. The first kappa shape index (κ1) is 16.5. The van der Waals surface area contributed by atoms with Gasteiger partial charge in [0.15, 0.2) is 0 Å². The summed E-state index contributed by atoms with van der Waals surface area (Å²) in [5.74, 6) is 0.682. The highest BCUT2D eigenvalue weighted by atomic mass is 16.1. The zero-order valence-electron chi connectivity index (χ0n) is 14.6. The summed E-state index contributed by atoms with van der Waals surface area (Å²) in [4.78, 5) is 19.0. The Morgan fingerprint density at radius 2 is 1.88 bits per heavy atom. The average Bonchev–Trinajstić information content (AvgIpc) is 2.90. The second-order valence-corrected chi connectivity index (χ2v) is 6.59. The van der Waals surface area contributed by atoms with Crippen LogP contribution in [0.2, 0.25) is 0 Å². The first-order valence-corrected chi connectivity index (χ1v) is 8.96. The highest BCUT2D eigenvalue weighted by molar-refractivity contribution is 6.02. The molecule has 0 radical (unpaired) electrons. The molecule has 0 saturated heterocycles. The standard InChI is InChI=1S/C21H22N4O/c22-13-21(26)24-19-12-20(23-18-10-4-3-9-17(18)19)25-11-5-8-15-6-1-2-7-16(15)14-25/h1-4,6-7,9-10,12H,5,8,11,13-14,22H2,(H,23,24,26). The minimum atomic E-state index is -0.200. The molecule has 0 bridgehead atoms. The summed E-state index contributed by atoms with van der Waals surface area (Å²) in [7, 11) is 0. The molecule has 26 heavy (non-hydrogen) atoms. The molecular weight excluding hydrogens is 324 g/mol. The number of para-hydroxylation sites is 1. The summed E-state index contributed by atoms with van der Waals surface area (Å²) in [6.45, 7) is 1.72. The van der Waals surface area contributed by atoms with Gasteiger partial charge in [-0.25, -0.2) is 4.98 Å². The normalized spacial score (nSPS) is 14.0. The van der Waals surface area contributed by atoms with Gasteiger partial charge in [0, 0.05) is 24.5 Å². The third kappa shape index (κ3) is 3.26. The van der Waals surface area contributed by atoms with Crippen LogP contribution in [0.3, 0.4) is 0 Å². The summed E-state index contributed by atoms with van der Waals surface area (Å²) < 4.78 is 0. The number of hydrogen-bond acceptors (Lipinski definition) is 4. The van der Waals surface area contributed by atoms with E-state index in [0.29, 0.717) is 0 Å². The SMILES string of the molecule is NCC(=O)Nc1cc(N2CCCc3ccccc3C2)nc2ccccc12. The van der Waals surface area contributed by atoms with E-state index in [2.05, 4.69) is 34.5 Å². The second-order valence-electron chi connectivity index (χ2n) is 6.59. The van der Waals surface area contributed by atoms with E-state index in [-0.39, 0.29) is 12.5 Å². The van der Waals surface area contributed by atoms with E-state index < -0.39 is 0 Å². The van der Waals surface area contributed by atoms with Crippen molar-refractivity contribution in [1.82, 2.24) is 4.98 Å². The Morgan fingerprint density at radius 3 is 2.73 bits per heavy atom. The molecule has 0 atom stereocenters. The van der Waals surface area contributed by atoms with Gasteiger partial charge in [-0.3, -0.25) is 4.79 Å². The van der Waals surface area contributed by atoms with Crippen molar-refractivity contribution >= 4 is 28.3 Å². The quantitative estimate of drug-likeness (QED) is 0.764. The number of carbonyl (C=O) groups excluding carboxylic acids is 1. The van der Waals surface area contributed by atoms with E-state index in [0.717, 1.165) is 48.3 Å². The molecule has 2 heterocycles. The Morgan fingerprint density at radius 1 is 1.12 bits per heavy atom. The van der Waals surface area contributed by atoms with Crippen molar-refractivity contribution in [3.63, 3.8) is 0 Å². The van der Waals surface area contributed by atoms with E-state index in [1.807, 2.05) is 30.3 Å². The topological polar surface area (TPSA) is 71.2 Å². The van der Waals surface area contributed by atoms with Gasteiger partial charge in [-0.2, -0.15) is 0 Å². The molecule has 1 aliphatic rings. The van der Waals surface area contributed by atoms with Crippen LogP contribution >= 0.6 is 0 Å². The van der Waals surface area contributed by atoms with Gasteiger partial charge in [0.2, 0.25) is 5.91 Å². The van der Waals surface area contributed by atoms with Crippen molar-refractivity contribution in [2.75, 3.05) is 23.3 Å². The Hall–Kier alpha value is -2.92. The van der Waals surface area contributed by atoms with Crippen LogP contribution in [0.5, 0.6) is 0 Å². The van der Waals surface area contributed by atoms with Crippen LogP contribution in [0.25, 0.3) is 10.9 Å². The largest absolute Gasteiger partial charge is 0.352 e. The molecule has 1 amide bonds. The number of aryl methyl sites for hydroxylation is 1. The highest BCUT2D eigenvalue weighted by Crippen LogP contribution is 2.29. The van der Waals surface area contributed by atoms with E-state index in [4.69, 9.17) is 10.7 Å². The van der Waals surface area contributed by atoms with Crippen LogP contribution in [0.15, 0.2) is 54.6 Å². The number of hydrogen-bond donors (Lipinski definition) is 2. The van der Waals surface area contributed by atoms with Crippen LogP contribution < -0.4 is 16.0 Å². The molecule has 3 N–H and O–H groups in total. The van der Waals surface area contributed by atoms with Crippen LogP contribution in [0.1, 0.15) is 17.5 Å². The van der Waals surface area contributed by atoms with Crippen molar-refractivity contribution in [3.8, 4) is 0 Å². The van der Waals surface area contributed by atoms with Gasteiger partial charge < -0.3 is 16.0 Å². The maximum absolute atomic E-state index is 11.9. The molecule has 5 nitrogen and oxygen atoms in total. The fourth-order valence-electron chi connectivity index (χ4n) is 3.52. The van der Waals surface area contributed by atoms with Gasteiger partial charge in [0.1, 0.15) is 5.82 Å². The molecule has 0 fully saturated rings. The number of benzene rings is 2. The monoisotopic (exact) mass is 346 g/mol. The predicted molar refractivity (Wildman–Crippen MR) is 105 cm³/mol. The predicted octanol–water partition coefficient (Wildman–Crippen LogP) is 3.08. The Kier molecular flexibility index (Phi) is 4.54. The number of nitrogens with one attached hydrogen (secondary N) is 1. The molecule has 1 aliphatic heterocycles. The molecule has 3 aromatic rings. The Bertz CT molecular complexity index is 954. The maximum Gasteiger partial charge on any atom is 0.238 e. The van der Waals surface area contributed by atoms with Gasteiger partial charge in [-0.05, 0) is 30.0 Å². The third-order valence-electron chi connectivity index (χ3n) is 4.84. The van der Waals surface area contributed by atoms with Crippen molar-refractivity contribution in [2.24, 2.45) is 5.73 Å². The fourth-order valence-corrected chi connectivity index (χ4v) is 3.52. The van der Waals surface area contributed by atoms with Gasteiger partial charge in [-0.1, -0.05) is 42.5 Å². The summed E-state index contributed by atoms with van der Waals surface area (Å²) in [6, 6.07) is 18.4. The lowest BCUT2D eigenvalue weighted by Gasteiger charge is -2.23. The van der Waals surface area contributed by atoms with Gasteiger partial charge >= 0.3 is 0 Å². The zero-order chi connectivity index (χ0) is 17.9. The molecule has 4 rings (SSSR count). The number of nitrogens with zero attached hydrogens (tertiary/aromatic N) is 2. The second kappa shape index (κ2) is 7.14. The van der Waals surface area contributed by atoms with Crippen LogP contribution in [0.4, 0.5) is 11.5 Å². The van der Waals surface area contributed by atoms with Crippen molar-refractivity contribution in [2.45, 2.75) is 19.4 Å². The Balaban J connectivity index is 1.75. The van der Waals surface area contributed by atoms with Crippen LogP contribution in [0, 0.1) is 0 Å². The van der Waals surface area contributed by atoms with E-state index in [9.17, 15) is 4.79 Å². The number of pyridine rings is 1. The Labute approximate surface area is 152 Å². The van der Waals surface area contributed by atoms with Crippen LogP contribution in [-0.4, -0.2) is 24.0 Å². The smallest absolute Gasteiger partial charge is 0.238 e. The summed E-state index contributed by atoms with van der Waals surface area (Å²) >= 11 is 0. The first-order chi connectivity index (χ1) is 12.7. The maximum atomic E-state index is 11.9. The van der Waals surface area contributed by atoms with Gasteiger partial charge in [0.05, 0.1) is 17.7 Å². The van der Waals surface area contributed by atoms with Crippen molar-refractivity contribution in [3.05, 3.63) is 65.7 Å². The number of carbonyl (C=O) groups is 1. The van der Waals surface area contributed by atoms with E-state index in [1.54, 1.807) is 0 Å². The van der Waals surface area contributed by atoms with E-state index in [1.165, 1.54) is 11.1 Å². The van der Waals surface area contributed by atoms with Gasteiger partial charge in [-0.15, -0.1) is 0 Å². The van der Waals surface area contributed by atoms with E-state index >= 15 is 0 Å². The number of amides is 1. The molecule has 0 unspecified atom stereocenters. The number of rotatable bonds is 3. The lowest BCUT2D eigenvalue weighted by atomic mass is 10.0. The molecule has 5 heteroatoms. The molecule has 0 spiro atoms. The van der Waals surface area contributed by atoms with Gasteiger partial charge in [0.25, 0.3) is 0 Å². The third-order valence-corrected chi connectivity index (χ3v) is 4.84. The molecule has 0 saturated carbocycles. The first-order valence-electron chi connectivity index (χ1n) is 8.96. The lowest BCUT2D eigenvalue weighted by Crippen LogP contribution is -2.25. The average molecular weight is 346 g/mol. The number of fused-ring (bicyclic) bond motifs is 2. The van der Waals surface area contributed by atoms with Crippen molar-refractivity contribution < 1.29 is 4.79 Å². The number of anilines is 2. The fraction of sp³-hybridized carbons (Fsp3) is 0.238. The molecule has 2 aromatic carbocycles. The molecule has 0 aliphatic carbocycles. The van der Waals surface area contributed by atoms with Crippen LogP contribution in [-0.2, 0) is 17.8 Å². The lowest BCUT2D eigenvalue weighted by molar-refractivity contribution is -0.114. The minimum absolute atomic E-state index is 0.0386. The summed E-state index contributed by atoms with van der Waals surface area (Å²) in [5, 5.41) is 3.84.